The van der Waals surface area contributed by atoms with E-state index >= 15 is 0 Å². The number of carbonyl (C=O) groups excluding carboxylic acids is 2. The first kappa shape index (κ1) is 58.8. The molecule has 12 nitrogen and oxygen atoms in total. The summed E-state index contributed by atoms with van der Waals surface area (Å²) in [7, 11) is 0. The van der Waals surface area contributed by atoms with Crippen molar-refractivity contribution in [3.8, 4) is 0 Å². The second kappa shape index (κ2) is 23.4. The van der Waals surface area contributed by atoms with E-state index in [0.29, 0.717) is 84.2 Å². The number of fused-ring (bicyclic) bond motifs is 6. The first-order chi connectivity index (χ1) is 37.1. The number of hydrogen-bond acceptors (Lipinski definition) is 9. The van der Waals surface area contributed by atoms with Gasteiger partial charge in [0.15, 0.2) is 34.9 Å². The second-order valence-corrected chi connectivity index (χ2v) is 23.0. The molecule has 0 saturated heterocycles. The van der Waals surface area contributed by atoms with Crippen LogP contribution in [0.2, 0.25) is 0 Å². The SMILES string of the molecule is CC(C)(C)OC(=O)N1CCc2cc3c(F)c(F)cc(Br)c3nc2CC1.CC(C)(C)OC(=O)N1CCc2cc3c(F)c(F)cc(C4CC4)c3nc2CC1.Fc1cc(C2CC2)c2nc3c(cc2c1F)CCNCC3.O=C(O)C(F)(F)F. The number of aliphatic carboxylic acids is 1. The number of nitrogens with one attached hydrogen (secondary N) is 1. The highest BCUT2D eigenvalue weighted by Crippen LogP contribution is 2.45. The van der Waals surface area contributed by atoms with E-state index in [0.717, 1.165) is 103 Å². The summed E-state index contributed by atoms with van der Waals surface area (Å²) >= 11 is 3.24. The largest absolute Gasteiger partial charge is 0.490 e. The van der Waals surface area contributed by atoms with E-state index in [2.05, 4.69) is 26.2 Å². The van der Waals surface area contributed by atoms with E-state index in [9.17, 15) is 49.1 Å². The summed E-state index contributed by atoms with van der Waals surface area (Å²) in [5.74, 6) is -7.07. The van der Waals surface area contributed by atoms with Crippen molar-refractivity contribution >= 4 is 66.8 Å². The molecule has 2 aliphatic carbocycles. The van der Waals surface area contributed by atoms with Gasteiger partial charge in [0.05, 0.1) is 16.6 Å². The molecule has 3 aliphatic heterocycles. The van der Waals surface area contributed by atoms with Gasteiger partial charge in [0.25, 0.3) is 0 Å². The zero-order valence-corrected chi connectivity index (χ0v) is 46.0. The Bertz CT molecular complexity index is 3340. The lowest BCUT2D eigenvalue weighted by Crippen LogP contribution is -2.38. The Balaban J connectivity index is 0.000000148. The molecule has 0 radical (unpaired) electrons. The second-order valence-electron chi connectivity index (χ2n) is 22.2. The zero-order chi connectivity index (χ0) is 57.5. The number of nitrogens with zero attached hydrogens (tertiary/aromatic N) is 5. The van der Waals surface area contributed by atoms with E-state index in [1.807, 2.05) is 47.6 Å². The monoisotopic (exact) mass is 1170 g/mol. The van der Waals surface area contributed by atoms with Crippen LogP contribution in [-0.2, 0) is 52.8 Å². The van der Waals surface area contributed by atoms with Gasteiger partial charge in [0.1, 0.15) is 11.2 Å². The van der Waals surface area contributed by atoms with Gasteiger partial charge in [-0.25, -0.2) is 40.7 Å². The molecule has 3 aromatic heterocycles. The molecular formula is C57H60BrF9N6O6. The number of halogens is 10. The van der Waals surface area contributed by atoms with Crippen molar-refractivity contribution in [3.63, 3.8) is 0 Å². The standard InChI is InChI=1S/C21H24F2N2O2.C18H19BrF2N2O2.C16H16F2N2.C2HF3O2/c1-21(2,3)27-20(26)25-8-6-13-10-15-18(23)16(22)11-14(12-4-5-12)19(15)24-17(13)7-9-25;1-18(2,3)25-17(24)23-6-4-10-8-11-15(21)13(20)9-12(19)16(11)22-14(10)5-7-23;17-13-8-11(9-1-2-9)16-12(15(13)18)7-10-3-5-19-6-4-14(10)20-16;3-2(4,5)1(6)7/h10-12H,4-9H2,1-3H3;8-9H,4-7H2,1-3H3;7-9,19H,1-6H2;(H,6,7). The van der Waals surface area contributed by atoms with Crippen LogP contribution < -0.4 is 5.32 Å². The van der Waals surface area contributed by atoms with Crippen molar-refractivity contribution in [2.45, 2.75) is 135 Å². The third kappa shape index (κ3) is 14.4. The van der Waals surface area contributed by atoms with E-state index < -0.39 is 58.3 Å². The van der Waals surface area contributed by atoms with Gasteiger partial charge in [-0.2, -0.15) is 13.2 Å². The maximum absolute atomic E-state index is 14.4. The molecule has 2 N–H and O–H groups in total. The Morgan fingerprint density at radius 3 is 1.28 bits per heavy atom. The van der Waals surface area contributed by atoms with Crippen LogP contribution in [0.25, 0.3) is 32.7 Å². The van der Waals surface area contributed by atoms with Crippen LogP contribution in [-0.4, -0.2) is 105 Å². The lowest BCUT2D eigenvalue weighted by atomic mass is 10.0. The number of carbonyl (C=O) groups is 3. The molecule has 2 amide bonds. The van der Waals surface area contributed by atoms with Gasteiger partial charge in [-0.1, -0.05) is 0 Å². The third-order valence-electron chi connectivity index (χ3n) is 13.7. The lowest BCUT2D eigenvalue weighted by molar-refractivity contribution is -0.192. The minimum absolute atomic E-state index is 0.149. The highest BCUT2D eigenvalue weighted by Gasteiger charge is 2.38. The maximum Gasteiger partial charge on any atom is 0.490 e. The van der Waals surface area contributed by atoms with E-state index in [4.69, 9.17) is 29.3 Å². The van der Waals surface area contributed by atoms with Gasteiger partial charge >= 0.3 is 24.3 Å². The third-order valence-corrected chi connectivity index (χ3v) is 14.3. The zero-order valence-electron chi connectivity index (χ0n) is 44.4. The quantitative estimate of drug-likeness (QED) is 0.127. The molecule has 6 heterocycles. The van der Waals surface area contributed by atoms with Crippen molar-refractivity contribution in [2.75, 3.05) is 39.3 Å². The summed E-state index contributed by atoms with van der Waals surface area (Å²) in [6, 6.07) is 8.91. The molecule has 0 spiro atoms. The number of hydrogen-bond donors (Lipinski definition) is 2. The van der Waals surface area contributed by atoms with Crippen molar-refractivity contribution in [2.24, 2.45) is 0 Å². The number of alkyl halides is 3. The molecule has 0 atom stereocenters. The van der Waals surface area contributed by atoms with Crippen molar-refractivity contribution in [1.82, 2.24) is 30.1 Å². The Morgan fingerprint density at radius 2 is 0.886 bits per heavy atom. The molecule has 0 bridgehead atoms. The minimum atomic E-state index is -5.08. The predicted molar refractivity (Wildman–Crippen MR) is 281 cm³/mol. The topological polar surface area (TPSA) is 147 Å². The Labute approximate surface area is 458 Å². The van der Waals surface area contributed by atoms with Crippen LogP contribution in [0.5, 0.6) is 0 Å². The molecule has 11 rings (SSSR count). The number of pyridine rings is 3. The van der Waals surface area contributed by atoms with Gasteiger partial charge in [-0.3, -0.25) is 15.0 Å². The fourth-order valence-electron chi connectivity index (χ4n) is 9.57. The fourth-order valence-corrected chi connectivity index (χ4v) is 10.1. The van der Waals surface area contributed by atoms with Crippen molar-refractivity contribution in [3.05, 3.63) is 121 Å². The number of carboxylic acids is 1. The maximum atomic E-state index is 14.4. The summed E-state index contributed by atoms with van der Waals surface area (Å²) in [6.45, 7) is 14.6. The van der Waals surface area contributed by atoms with E-state index in [1.165, 1.54) is 12.1 Å². The highest BCUT2D eigenvalue weighted by molar-refractivity contribution is 9.10. The summed E-state index contributed by atoms with van der Waals surface area (Å²) < 4.78 is 127. The summed E-state index contributed by atoms with van der Waals surface area (Å²) in [5, 5.41) is 11.2. The Kier molecular flexibility index (Phi) is 17.5. The number of aromatic nitrogens is 3. The lowest BCUT2D eigenvalue weighted by Gasteiger charge is -2.26. The molecule has 79 heavy (non-hydrogen) atoms. The van der Waals surface area contributed by atoms with Gasteiger partial charge in [0.2, 0.25) is 0 Å². The molecule has 2 fully saturated rings. The average Bonchev–Trinajstić information content (AvgIpc) is 4.33. The average molecular weight is 1180 g/mol. The van der Waals surface area contributed by atoms with Crippen LogP contribution >= 0.6 is 15.9 Å². The fraction of sp³-hybridized carbons (Fsp3) is 0.474. The number of carboxylic acid groups (broad SMARTS) is 1. The van der Waals surface area contributed by atoms with Gasteiger partial charge in [0, 0.05) is 89.7 Å². The summed E-state index contributed by atoms with van der Waals surface area (Å²) in [4.78, 5) is 50.8. The van der Waals surface area contributed by atoms with Crippen molar-refractivity contribution in [1.29, 1.82) is 0 Å². The Morgan fingerprint density at radius 1 is 0.544 bits per heavy atom. The number of rotatable bonds is 2. The molecule has 5 aliphatic rings. The van der Waals surface area contributed by atoms with Gasteiger partial charge < -0.3 is 29.7 Å². The number of amides is 2. The van der Waals surface area contributed by atoms with Gasteiger partial charge in [-0.05, 0) is 185 Å². The Hall–Kier alpha value is -6.29. The normalized spacial score (nSPS) is 16.6. The molecule has 0 unspecified atom stereocenters. The molecule has 6 aromatic rings. The first-order valence-corrected chi connectivity index (χ1v) is 26.9. The molecule has 22 heteroatoms. The summed E-state index contributed by atoms with van der Waals surface area (Å²) in [6.07, 6.45) is 2.15. The van der Waals surface area contributed by atoms with Crippen LogP contribution in [0.4, 0.5) is 49.1 Å². The smallest absolute Gasteiger partial charge is 0.475 e. The van der Waals surface area contributed by atoms with Crippen LogP contribution in [0, 0.1) is 34.9 Å². The van der Waals surface area contributed by atoms with E-state index in [-0.39, 0.29) is 28.9 Å². The number of ether oxygens (including phenoxy) is 2. The molecule has 2 saturated carbocycles. The van der Waals surface area contributed by atoms with Crippen LogP contribution in [0.3, 0.4) is 0 Å². The molecule has 3 aromatic carbocycles. The summed E-state index contributed by atoms with van der Waals surface area (Å²) in [5.41, 5.74) is 7.67. The predicted octanol–water partition coefficient (Wildman–Crippen LogP) is 13.0. The highest BCUT2D eigenvalue weighted by atomic mass is 79.9. The van der Waals surface area contributed by atoms with Crippen LogP contribution in [0.15, 0.2) is 40.9 Å². The van der Waals surface area contributed by atoms with Gasteiger partial charge in [-0.15, -0.1) is 0 Å². The van der Waals surface area contributed by atoms with Crippen LogP contribution in [0.1, 0.15) is 124 Å². The minimum Gasteiger partial charge on any atom is -0.475 e. The molecule has 424 valence electrons. The number of benzene rings is 3. The molecular weight excluding hydrogens is 1120 g/mol. The van der Waals surface area contributed by atoms with E-state index in [1.54, 1.807) is 21.9 Å². The van der Waals surface area contributed by atoms with Crippen molar-refractivity contribution < 1.29 is 68.5 Å². The first-order valence-electron chi connectivity index (χ1n) is 26.1.